The molecule has 137 heavy (non-hydrogen) atoms. The average molecular weight is 1920 g/mol. The van der Waals surface area contributed by atoms with Crippen LogP contribution in [0.3, 0.4) is 0 Å². The fourth-order valence-electron chi connectivity index (χ4n) is 16.2. The number of carbonyl (C=O) groups is 3. The summed E-state index contributed by atoms with van der Waals surface area (Å²) >= 11 is 33.9. The SMILES string of the molecule is CN(C)CCn1nc(-c2ccccc2)c2c(Cl)c(-c3ccccc3)nnc21.Cn1nc(-c2ccccc2)c2c(Cl)c(-c3ccccc3)nnc21.O=C(Cn1nc(-c2ccccc2)c2c(Cl)c(-c3ccccc3)nnc21)N1CCCC1.O=C(Cn1nc(-c2ccccc2)c2c(Cl)c(-c3ccccc3)nnc21)N1CCOCC1.O=C(O)Cn1nc(-c2ccccc2)c2c(Cl)c(-c3ccccc3)nnc21. The summed E-state index contributed by atoms with van der Waals surface area (Å²) in [7, 11) is 5.92. The van der Waals surface area contributed by atoms with Crippen LogP contribution in [0.4, 0.5) is 0 Å². The smallest absolute Gasteiger partial charge is 0.325 e. The van der Waals surface area contributed by atoms with Crippen LogP contribution in [-0.2, 0) is 52.3 Å². The lowest BCUT2D eigenvalue weighted by molar-refractivity contribution is -0.138. The minimum absolute atomic E-state index is 0.0302. The van der Waals surface area contributed by atoms with Crippen molar-refractivity contribution in [2.24, 2.45) is 7.05 Å². The van der Waals surface area contributed by atoms with Crippen molar-refractivity contribution in [2.75, 3.05) is 60.0 Å². The van der Waals surface area contributed by atoms with Crippen LogP contribution in [0.15, 0.2) is 303 Å². The number of nitrogens with zero attached hydrogens (tertiary/aromatic N) is 23. The maximum Gasteiger partial charge on any atom is 0.325 e. The molecule has 2 aliphatic heterocycles. The van der Waals surface area contributed by atoms with E-state index in [1.807, 2.05) is 334 Å². The molecule has 0 unspecified atom stereocenters. The van der Waals surface area contributed by atoms with Crippen LogP contribution >= 0.6 is 58.0 Å². The first kappa shape index (κ1) is 92.2. The predicted molar refractivity (Wildman–Crippen MR) is 536 cm³/mol. The standard InChI is InChI=1S/C23H20ClN5O2.C23H20ClN5O.C21H20ClN5.C19H13ClN4O2.C18H13ClN4/c24-20-19-21(16-7-3-1-4-8-16)27-29(15-18(30)28-11-13-31-14-12-28)23(19)26-25-22(20)17-9-5-2-6-10-17;24-20-19-21(16-9-3-1-4-10-16)27-29(15-18(30)28-13-7-8-14-28)23(19)26-25-22(20)17-11-5-2-6-12-17;1-26(2)13-14-27-21-17(19(25-27)15-9-5-3-6-10-15)18(22)20(23-24-21)16-11-7-4-8-12-16;20-16-15-17(12-7-3-1-4-8-12)23-24(11-14(25)26)19(15)22-21-18(16)13-9-5-2-6-10-13;1-23-18-14(16(22-23)12-8-4-2-5-9-12)15(19)17(20-21-18)13-10-6-3-7-11-13/h1-10H,11-15H2;1-6,9-12H,7-8,13-15H2;3-12H,13-14H2,1-2H3;1-10H,11H2,(H,25,26);2-11H,1H3. The molecular weight excluding hydrogens is 1830 g/mol. The van der Waals surface area contributed by atoms with Gasteiger partial charge >= 0.3 is 5.97 Å². The Morgan fingerprint density at radius 1 is 0.292 bits per heavy atom. The van der Waals surface area contributed by atoms with Gasteiger partial charge in [-0.15, -0.1) is 51.0 Å². The van der Waals surface area contributed by atoms with Gasteiger partial charge in [-0.2, -0.15) is 25.5 Å². The van der Waals surface area contributed by atoms with Crippen molar-refractivity contribution in [3.63, 3.8) is 0 Å². The van der Waals surface area contributed by atoms with Gasteiger partial charge in [-0.25, -0.2) is 23.4 Å². The van der Waals surface area contributed by atoms with E-state index in [9.17, 15) is 14.4 Å². The fourth-order valence-corrected chi connectivity index (χ4v) is 17.8. The lowest BCUT2D eigenvalue weighted by atomic mass is 10.1. The van der Waals surface area contributed by atoms with Crippen LogP contribution in [0.1, 0.15) is 12.8 Å². The largest absolute Gasteiger partial charge is 0.480 e. The number of benzene rings is 10. The van der Waals surface area contributed by atoms with Crippen molar-refractivity contribution in [3.8, 4) is 113 Å². The van der Waals surface area contributed by atoms with E-state index in [-0.39, 0.29) is 31.4 Å². The highest BCUT2D eigenvalue weighted by Gasteiger charge is 2.30. The number of amides is 2. The molecule has 20 aromatic rings. The Balaban J connectivity index is 0.000000114. The molecule has 12 heterocycles. The molecule has 0 aliphatic carbocycles. The highest BCUT2D eigenvalue weighted by Crippen LogP contribution is 2.44. The molecular formula is C104H86Cl5N23O5. The van der Waals surface area contributed by atoms with Gasteiger partial charge in [0, 0.05) is 95.4 Å². The monoisotopic (exact) mass is 1910 g/mol. The molecule has 33 heteroatoms. The van der Waals surface area contributed by atoms with Gasteiger partial charge in [0.25, 0.3) is 0 Å². The van der Waals surface area contributed by atoms with E-state index in [4.69, 9.17) is 83.1 Å². The molecule has 2 amide bonds. The van der Waals surface area contributed by atoms with E-state index in [0.717, 1.165) is 110 Å². The first-order valence-electron chi connectivity index (χ1n) is 44.1. The second-order valence-electron chi connectivity index (χ2n) is 32.3. The molecule has 0 atom stereocenters. The van der Waals surface area contributed by atoms with Crippen LogP contribution in [-0.4, -0.2) is 198 Å². The number of rotatable bonds is 19. The third-order valence-corrected chi connectivity index (χ3v) is 24.8. The van der Waals surface area contributed by atoms with Gasteiger partial charge < -0.3 is 24.5 Å². The second kappa shape index (κ2) is 42.5. The van der Waals surface area contributed by atoms with Crippen LogP contribution < -0.4 is 0 Å². The first-order valence-corrected chi connectivity index (χ1v) is 46.0. The molecule has 0 spiro atoms. The van der Waals surface area contributed by atoms with Gasteiger partial charge in [0.1, 0.15) is 76.6 Å². The summed E-state index contributed by atoms with van der Waals surface area (Å²) in [4.78, 5) is 42.6. The Kier molecular flexibility index (Phi) is 28.6. The average Bonchev–Trinajstić information content (AvgIpc) is 1.66. The van der Waals surface area contributed by atoms with Crippen molar-refractivity contribution < 1.29 is 24.2 Å². The van der Waals surface area contributed by atoms with E-state index < -0.39 is 5.97 Å². The molecule has 0 bridgehead atoms. The Labute approximate surface area is 811 Å². The number of aryl methyl sites for hydroxylation is 1. The number of carboxylic acids is 1. The number of likely N-dealkylation sites (N-methyl/N-ethyl adjacent to an activating group) is 1. The van der Waals surface area contributed by atoms with Crippen molar-refractivity contribution in [1.29, 1.82) is 0 Å². The van der Waals surface area contributed by atoms with Gasteiger partial charge in [0.05, 0.1) is 71.8 Å². The zero-order valence-electron chi connectivity index (χ0n) is 74.3. The maximum atomic E-state index is 12.9. The lowest BCUT2D eigenvalue weighted by Gasteiger charge is -2.26. The molecule has 22 rings (SSSR count). The summed E-state index contributed by atoms with van der Waals surface area (Å²) in [6.45, 7) is 5.29. The number of hydrogen-bond acceptors (Lipinski definition) is 20. The number of hydrogen-bond donors (Lipinski definition) is 1. The highest BCUT2D eigenvalue weighted by atomic mass is 35.5. The molecule has 10 aromatic heterocycles. The van der Waals surface area contributed by atoms with Gasteiger partial charge in [-0.3, -0.25) is 14.4 Å². The summed E-state index contributed by atoms with van der Waals surface area (Å²) in [5.74, 6) is -1.00. The van der Waals surface area contributed by atoms with Gasteiger partial charge in [0.15, 0.2) is 28.2 Å². The number of fused-ring (bicyclic) bond motifs is 5. The summed E-state index contributed by atoms with van der Waals surface area (Å²) in [5, 5.41) is 82.3. The quantitative estimate of drug-likeness (QED) is 0.0786. The van der Waals surface area contributed by atoms with Gasteiger partial charge in [-0.05, 0) is 26.9 Å². The Morgan fingerprint density at radius 3 is 0.774 bits per heavy atom. The minimum atomic E-state index is -1.01. The van der Waals surface area contributed by atoms with E-state index >= 15 is 0 Å². The summed E-state index contributed by atoms with van der Waals surface area (Å²) < 4.78 is 13.5. The number of morpholine rings is 1. The van der Waals surface area contributed by atoms with Crippen LogP contribution in [0, 0.1) is 0 Å². The molecule has 682 valence electrons. The zero-order valence-corrected chi connectivity index (χ0v) is 78.1. The molecule has 0 saturated carbocycles. The minimum Gasteiger partial charge on any atom is -0.480 e. The summed E-state index contributed by atoms with van der Waals surface area (Å²) in [6.07, 6.45) is 2.10. The number of carbonyl (C=O) groups excluding carboxylic acids is 2. The number of halogens is 5. The molecule has 1 N–H and O–H groups in total. The normalized spacial score (nSPS) is 12.4. The van der Waals surface area contributed by atoms with E-state index in [1.165, 1.54) is 4.68 Å². The summed E-state index contributed by atoms with van der Waals surface area (Å²) in [6, 6.07) is 97.7. The highest BCUT2D eigenvalue weighted by molar-refractivity contribution is 6.41. The van der Waals surface area contributed by atoms with Gasteiger partial charge in [0.2, 0.25) is 11.8 Å². The number of aliphatic carboxylic acids is 1. The van der Waals surface area contributed by atoms with Crippen LogP contribution in [0.2, 0.25) is 25.1 Å². The molecule has 28 nitrogen and oxygen atoms in total. The Bertz CT molecular complexity index is 7660. The number of ether oxygens (including phenoxy) is 1. The van der Waals surface area contributed by atoms with E-state index in [1.54, 1.807) is 18.9 Å². The van der Waals surface area contributed by atoms with E-state index in [0.29, 0.717) is 148 Å². The van der Waals surface area contributed by atoms with Crippen molar-refractivity contribution in [3.05, 3.63) is 328 Å². The number of aromatic nitrogens is 20. The Hall–Kier alpha value is -15.3. The van der Waals surface area contributed by atoms with E-state index in [2.05, 4.69) is 66.1 Å². The zero-order chi connectivity index (χ0) is 94.4. The number of carboxylic acid groups (broad SMARTS) is 1. The van der Waals surface area contributed by atoms with Crippen molar-refractivity contribution >= 4 is 131 Å². The summed E-state index contributed by atoms with van der Waals surface area (Å²) in [5.41, 5.74) is 18.6. The lowest BCUT2D eigenvalue weighted by Crippen LogP contribution is -2.42. The molecule has 2 fully saturated rings. The molecule has 10 aromatic carbocycles. The third kappa shape index (κ3) is 20.3. The predicted octanol–water partition coefficient (Wildman–Crippen LogP) is 20.7. The Morgan fingerprint density at radius 2 is 0.511 bits per heavy atom. The maximum absolute atomic E-state index is 12.9. The van der Waals surface area contributed by atoms with Gasteiger partial charge in [-0.1, -0.05) is 361 Å². The third-order valence-electron chi connectivity index (χ3n) is 23.0. The van der Waals surface area contributed by atoms with Crippen molar-refractivity contribution in [1.82, 2.24) is 115 Å². The van der Waals surface area contributed by atoms with Crippen molar-refractivity contribution in [2.45, 2.75) is 39.0 Å². The second-order valence-corrected chi connectivity index (χ2v) is 34.2. The molecule has 2 aliphatic rings. The van der Waals surface area contributed by atoms with Crippen LogP contribution in [0.5, 0.6) is 0 Å². The van der Waals surface area contributed by atoms with Crippen LogP contribution in [0.25, 0.3) is 168 Å². The number of likely N-dealkylation sites (tertiary alicyclic amines) is 1. The fraction of sp³-hybridized carbons (Fsp3) is 0.154. The first-order chi connectivity index (χ1) is 67.0. The molecule has 2 saturated heterocycles. The molecule has 0 radical (unpaired) electrons. The topological polar surface area (TPSA) is 308 Å².